The van der Waals surface area contributed by atoms with Gasteiger partial charge in [0.15, 0.2) is 0 Å². The van der Waals surface area contributed by atoms with E-state index in [2.05, 4.69) is 39.9 Å². The van der Waals surface area contributed by atoms with Crippen LogP contribution in [0.3, 0.4) is 0 Å². The minimum absolute atomic E-state index is 0.0921. The molecule has 0 aliphatic rings. The molecule has 1 aromatic heterocycles. The van der Waals surface area contributed by atoms with Gasteiger partial charge in [-0.1, -0.05) is 36.4 Å². The molecule has 2 aromatic rings. The summed E-state index contributed by atoms with van der Waals surface area (Å²) in [5.41, 5.74) is 2.21. The van der Waals surface area contributed by atoms with Crippen LogP contribution >= 0.6 is 0 Å². The summed E-state index contributed by atoms with van der Waals surface area (Å²) >= 11 is 0. The number of rotatable bonds is 7. The van der Waals surface area contributed by atoms with E-state index in [1.54, 1.807) is 6.20 Å². The highest BCUT2D eigenvalue weighted by molar-refractivity contribution is 5.74. The molecule has 116 valence electrons. The fourth-order valence-corrected chi connectivity index (χ4v) is 2.25. The van der Waals surface area contributed by atoms with Crippen molar-refractivity contribution in [2.75, 3.05) is 6.54 Å². The third-order valence-electron chi connectivity index (χ3n) is 3.50. The number of amides is 2. The average molecular weight is 297 g/mol. The molecule has 0 aliphatic heterocycles. The van der Waals surface area contributed by atoms with Crippen molar-refractivity contribution in [3.63, 3.8) is 0 Å². The zero-order chi connectivity index (χ0) is 15.6. The van der Waals surface area contributed by atoms with E-state index in [1.807, 2.05) is 31.2 Å². The van der Waals surface area contributed by atoms with Crippen LogP contribution in [0, 0.1) is 0 Å². The number of unbranched alkanes of at least 4 members (excludes halogenated alkanes) is 1. The summed E-state index contributed by atoms with van der Waals surface area (Å²) in [7, 11) is 0. The molecule has 2 rings (SSSR count). The van der Waals surface area contributed by atoms with Gasteiger partial charge >= 0.3 is 6.03 Å². The van der Waals surface area contributed by atoms with Crippen molar-refractivity contribution in [1.29, 1.82) is 0 Å². The molecule has 0 fully saturated rings. The van der Waals surface area contributed by atoms with Gasteiger partial charge in [0.25, 0.3) is 0 Å². The predicted molar refractivity (Wildman–Crippen MR) is 88.6 cm³/mol. The number of aryl methyl sites for hydroxylation is 1. The largest absolute Gasteiger partial charge is 0.338 e. The molecule has 22 heavy (non-hydrogen) atoms. The van der Waals surface area contributed by atoms with E-state index in [-0.39, 0.29) is 12.1 Å². The third kappa shape index (κ3) is 5.56. The quantitative estimate of drug-likeness (QED) is 0.769. The standard InChI is InChI=1S/C18H23N3O/c1-15(17-12-6-8-13-19-17)21-18(22)20-14-7-5-11-16-9-3-2-4-10-16/h2-4,6,8-10,12-13,15H,5,7,11,14H2,1H3,(H2,20,21,22)/t15-/m0/s1. The Kier molecular flexibility index (Phi) is 6.42. The summed E-state index contributed by atoms with van der Waals surface area (Å²) in [5, 5.41) is 5.78. The van der Waals surface area contributed by atoms with Gasteiger partial charge in [0.1, 0.15) is 0 Å². The van der Waals surface area contributed by atoms with E-state index in [4.69, 9.17) is 0 Å². The number of nitrogens with zero attached hydrogens (tertiary/aromatic N) is 1. The Bertz CT molecular complexity index is 557. The molecule has 2 amide bonds. The highest BCUT2D eigenvalue weighted by Gasteiger charge is 2.09. The van der Waals surface area contributed by atoms with Gasteiger partial charge in [-0.3, -0.25) is 4.98 Å². The Morgan fingerprint density at radius 2 is 1.86 bits per heavy atom. The van der Waals surface area contributed by atoms with E-state index < -0.39 is 0 Å². The Labute approximate surface area is 132 Å². The van der Waals surface area contributed by atoms with E-state index >= 15 is 0 Å². The first-order valence-corrected chi connectivity index (χ1v) is 7.75. The van der Waals surface area contributed by atoms with Crippen molar-refractivity contribution in [3.05, 3.63) is 66.0 Å². The van der Waals surface area contributed by atoms with Crippen LogP contribution in [0.25, 0.3) is 0 Å². The molecule has 0 unspecified atom stereocenters. The topological polar surface area (TPSA) is 54.0 Å². The maximum atomic E-state index is 11.8. The second-order valence-electron chi connectivity index (χ2n) is 5.32. The number of urea groups is 1. The summed E-state index contributed by atoms with van der Waals surface area (Å²) in [4.78, 5) is 16.0. The molecule has 0 bridgehead atoms. The zero-order valence-corrected chi connectivity index (χ0v) is 13.0. The zero-order valence-electron chi connectivity index (χ0n) is 13.0. The molecule has 1 heterocycles. The highest BCUT2D eigenvalue weighted by Crippen LogP contribution is 2.07. The molecule has 4 heteroatoms. The monoisotopic (exact) mass is 297 g/mol. The molecule has 0 saturated heterocycles. The van der Waals surface area contributed by atoms with Crippen LogP contribution in [0.2, 0.25) is 0 Å². The van der Waals surface area contributed by atoms with Gasteiger partial charge in [-0.15, -0.1) is 0 Å². The molecular weight excluding hydrogens is 274 g/mol. The Balaban J connectivity index is 1.60. The minimum Gasteiger partial charge on any atom is -0.338 e. The maximum Gasteiger partial charge on any atom is 0.315 e. The summed E-state index contributed by atoms with van der Waals surface area (Å²) in [6.07, 6.45) is 4.82. The number of carbonyl (C=O) groups excluding carboxylic acids is 1. The lowest BCUT2D eigenvalue weighted by Crippen LogP contribution is -2.37. The summed E-state index contributed by atoms with van der Waals surface area (Å²) in [6, 6.07) is 15.9. The molecule has 1 atom stereocenters. The lowest BCUT2D eigenvalue weighted by Gasteiger charge is -2.14. The number of hydrogen-bond donors (Lipinski definition) is 2. The van der Waals surface area contributed by atoms with Gasteiger partial charge in [-0.2, -0.15) is 0 Å². The molecule has 1 aromatic carbocycles. The number of nitrogens with one attached hydrogen (secondary N) is 2. The van der Waals surface area contributed by atoms with Crippen LogP contribution in [-0.4, -0.2) is 17.6 Å². The normalized spacial score (nSPS) is 11.7. The number of pyridine rings is 1. The molecular formula is C18H23N3O. The fourth-order valence-electron chi connectivity index (χ4n) is 2.25. The first-order valence-electron chi connectivity index (χ1n) is 7.75. The highest BCUT2D eigenvalue weighted by atomic mass is 16.2. The van der Waals surface area contributed by atoms with Crippen molar-refractivity contribution < 1.29 is 4.79 Å². The smallest absolute Gasteiger partial charge is 0.315 e. The molecule has 0 aliphatic carbocycles. The van der Waals surface area contributed by atoms with Crippen LogP contribution in [0.1, 0.15) is 37.1 Å². The van der Waals surface area contributed by atoms with Gasteiger partial charge in [0.05, 0.1) is 11.7 Å². The van der Waals surface area contributed by atoms with Gasteiger partial charge in [0, 0.05) is 12.7 Å². The number of aromatic nitrogens is 1. The summed E-state index contributed by atoms with van der Waals surface area (Å²) < 4.78 is 0. The van der Waals surface area contributed by atoms with Crippen LogP contribution in [0.4, 0.5) is 4.79 Å². The van der Waals surface area contributed by atoms with Crippen LogP contribution < -0.4 is 10.6 Å². The second kappa shape index (κ2) is 8.82. The van der Waals surface area contributed by atoms with Gasteiger partial charge in [-0.25, -0.2) is 4.79 Å². The minimum atomic E-state index is -0.141. The first-order chi connectivity index (χ1) is 10.8. The molecule has 0 radical (unpaired) electrons. The fraction of sp³-hybridized carbons (Fsp3) is 0.333. The van der Waals surface area contributed by atoms with E-state index in [0.29, 0.717) is 6.54 Å². The number of carbonyl (C=O) groups is 1. The van der Waals surface area contributed by atoms with E-state index in [1.165, 1.54) is 5.56 Å². The SMILES string of the molecule is C[C@H](NC(=O)NCCCCc1ccccc1)c1ccccn1. The van der Waals surface area contributed by atoms with Crippen LogP contribution in [0.15, 0.2) is 54.7 Å². The van der Waals surface area contributed by atoms with Crippen molar-refractivity contribution in [1.82, 2.24) is 15.6 Å². The van der Waals surface area contributed by atoms with Crippen molar-refractivity contribution in [2.45, 2.75) is 32.2 Å². The first kappa shape index (κ1) is 16.0. The number of benzene rings is 1. The third-order valence-corrected chi connectivity index (χ3v) is 3.50. The van der Waals surface area contributed by atoms with Gasteiger partial charge in [-0.05, 0) is 43.9 Å². The van der Waals surface area contributed by atoms with Crippen molar-refractivity contribution in [3.8, 4) is 0 Å². The molecule has 0 saturated carbocycles. The summed E-state index contributed by atoms with van der Waals surface area (Å²) in [5.74, 6) is 0. The average Bonchev–Trinajstić information content (AvgIpc) is 2.56. The Hall–Kier alpha value is -2.36. The molecule has 2 N–H and O–H groups in total. The molecule has 0 spiro atoms. The van der Waals surface area contributed by atoms with Crippen molar-refractivity contribution >= 4 is 6.03 Å². The van der Waals surface area contributed by atoms with Gasteiger partial charge < -0.3 is 10.6 Å². The second-order valence-corrected chi connectivity index (χ2v) is 5.32. The van der Waals surface area contributed by atoms with E-state index in [9.17, 15) is 4.79 Å². The maximum absolute atomic E-state index is 11.8. The van der Waals surface area contributed by atoms with E-state index in [0.717, 1.165) is 25.0 Å². The lowest BCUT2D eigenvalue weighted by atomic mass is 10.1. The number of hydrogen-bond acceptors (Lipinski definition) is 2. The Morgan fingerprint density at radius 3 is 2.59 bits per heavy atom. The van der Waals surface area contributed by atoms with Crippen molar-refractivity contribution in [2.24, 2.45) is 0 Å². The van der Waals surface area contributed by atoms with Gasteiger partial charge in [0.2, 0.25) is 0 Å². The Morgan fingerprint density at radius 1 is 1.09 bits per heavy atom. The molecule has 4 nitrogen and oxygen atoms in total. The lowest BCUT2D eigenvalue weighted by molar-refractivity contribution is 0.237. The van der Waals surface area contributed by atoms with Crippen LogP contribution in [0.5, 0.6) is 0 Å². The predicted octanol–water partition coefficient (Wildman–Crippen LogP) is 3.46. The summed E-state index contributed by atoms with van der Waals surface area (Å²) in [6.45, 7) is 2.62. The van der Waals surface area contributed by atoms with Crippen LogP contribution in [-0.2, 0) is 6.42 Å².